The molecule has 0 aliphatic carbocycles. The number of nitrogens with one attached hydrogen (secondary N) is 4. The Morgan fingerprint density at radius 3 is 2.27 bits per heavy atom. The Balaban J connectivity index is 1.41. The highest BCUT2D eigenvalue weighted by molar-refractivity contribution is 6.02. The molecule has 3 atom stereocenters. The number of carbonyl (C=O) groups is 4. The molecule has 0 spiro atoms. The number of amides is 3. The van der Waals surface area contributed by atoms with Gasteiger partial charge in [0.1, 0.15) is 29.9 Å². The topological polar surface area (TPSA) is 159 Å². The first-order chi connectivity index (χ1) is 24.6. The predicted molar refractivity (Wildman–Crippen MR) is 176 cm³/mol. The van der Waals surface area contributed by atoms with Crippen LogP contribution in [0.5, 0.6) is 11.5 Å². The van der Waals surface area contributed by atoms with Crippen molar-refractivity contribution in [3.8, 4) is 11.5 Å². The minimum atomic E-state index is -2.32. The number of methoxy groups -OCH3 is 1. The fourth-order valence-electron chi connectivity index (χ4n) is 5.99. The third-order valence-corrected chi connectivity index (χ3v) is 8.62. The first-order valence-corrected chi connectivity index (χ1v) is 16.1. The van der Waals surface area contributed by atoms with Crippen LogP contribution in [0.1, 0.15) is 48.3 Å². The van der Waals surface area contributed by atoms with E-state index in [1.165, 1.54) is 31.4 Å². The number of carbonyl (C=O) groups excluding carboxylic acids is 4. The van der Waals surface area contributed by atoms with Gasteiger partial charge in [0.15, 0.2) is 23.2 Å². The SMILES string of the molecule is COc1cccc2[nH]c(C(=O)NC(Cc3cccc(F)c3)C(=O)NC(CC3CCNC3=O)C(=O)COc3c(F)c(F)c(C(C)(C)O)c(F)c3F)cc12. The van der Waals surface area contributed by atoms with Crippen LogP contribution >= 0.6 is 0 Å². The first-order valence-electron chi connectivity index (χ1n) is 16.1. The summed E-state index contributed by atoms with van der Waals surface area (Å²) in [5, 5.41) is 18.2. The molecule has 1 fully saturated rings. The number of rotatable bonds is 14. The van der Waals surface area contributed by atoms with Crippen molar-refractivity contribution in [2.24, 2.45) is 5.92 Å². The van der Waals surface area contributed by atoms with E-state index in [1.807, 2.05) is 0 Å². The molecule has 276 valence electrons. The number of ether oxygens (including phenoxy) is 2. The summed E-state index contributed by atoms with van der Waals surface area (Å²) in [4.78, 5) is 56.2. The summed E-state index contributed by atoms with van der Waals surface area (Å²) in [6, 6.07) is 8.80. The molecule has 5 N–H and O–H groups in total. The molecular weight excluding hydrogens is 695 g/mol. The fourth-order valence-corrected chi connectivity index (χ4v) is 5.99. The fraction of sp³-hybridized carbons (Fsp3) is 0.333. The van der Waals surface area contributed by atoms with Crippen LogP contribution in [0.3, 0.4) is 0 Å². The average Bonchev–Trinajstić information content (AvgIpc) is 3.72. The molecule has 5 rings (SSSR count). The van der Waals surface area contributed by atoms with Gasteiger partial charge in [-0.3, -0.25) is 19.2 Å². The molecule has 0 saturated carbocycles. The number of ketones is 1. The van der Waals surface area contributed by atoms with Gasteiger partial charge in [-0.05, 0) is 62.6 Å². The lowest BCUT2D eigenvalue weighted by atomic mass is 9.95. The summed E-state index contributed by atoms with van der Waals surface area (Å²) >= 11 is 0. The smallest absolute Gasteiger partial charge is 0.268 e. The van der Waals surface area contributed by atoms with Gasteiger partial charge in [0.25, 0.3) is 5.91 Å². The molecule has 11 nitrogen and oxygen atoms in total. The van der Waals surface area contributed by atoms with Crippen LogP contribution in [0.2, 0.25) is 0 Å². The van der Waals surface area contributed by atoms with Crippen molar-refractivity contribution in [3.63, 3.8) is 0 Å². The Hall–Kier alpha value is -5.51. The highest BCUT2D eigenvalue weighted by Gasteiger charge is 2.36. The van der Waals surface area contributed by atoms with Crippen LogP contribution in [-0.4, -0.2) is 65.9 Å². The molecule has 4 aromatic rings. The molecule has 1 aromatic heterocycles. The number of Topliss-reactive ketones (excluding diaryl/α,β-unsaturated/α-hetero) is 1. The molecule has 16 heteroatoms. The number of H-pyrrole nitrogens is 1. The van der Waals surface area contributed by atoms with E-state index in [0.29, 0.717) is 22.2 Å². The van der Waals surface area contributed by atoms with E-state index in [1.54, 1.807) is 18.2 Å². The van der Waals surface area contributed by atoms with Gasteiger partial charge in [0, 0.05) is 29.8 Å². The van der Waals surface area contributed by atoms with E-state index in [4.69, 9.17) is 9.47 Å². The van der Waals surface area contributed by atoms with Gasteiger partial charge in [-0.25, -0.2) is 13.2 Å². The first kappa shape index (κ1) is 37.7. The second-order valence-electron chi connectivity index (χ2n) is 12.8. The standard InChI is InChI=1S/C36H35F5N4O7/c1-36(2,50)27-28(38)30(40)32(31(41)29(27)39)52-16-25(46)22(14-18-10-11-42-33(18)47)44-34(48)23(13-17-6-4-7-19(37)12-17)45-35(49)24-15-20-21(43-24)8-5-9-26(20)51-3/h4-9,12,15,18,22-23,43,50H,10-11,13-14,16H2,1-3H3,(H,42,47)(H,44,48)(H,45,49). The highest BCUT2D eigenvalue weighted by atomic mass is 19.2. The third kappa shape index (κ3) is 8.17. The number of aromatic nitrogens is 1. The van der Waals surface area contributed by atoms with Crippen LogP contribution in [0.25, 0.3) is 10.9 Å². The number of aromatic amines is 1. The van der Waals surface area contributed by atoms with Gasteiger partial charge in [0.2, 0.25) is 23.4 Å². The molecular formula is C36H35F5N4O7. The Morgan fingerprint density at radius 1 is 0.962 bits per heavy atom. The zero-order chi connectivity index (χ0) is 37.9. The quantitative estimate of drug-likeness (QED) is 0.0966. The Labute approximate surface area is 293 Å². The second-order valence-corrected chi connectivity index (χ2v) is 12.8. The highest BCUT2D eigenvalue weighted by Crippen LogP contribution is 2.35. The summed E-state index contributed by atoms with van der Waals surface area (Å²) in [6.45, 7) is 0.868. The maximum atomic E-state index is 14.9. The monoisotopic (exact) mass is 730 g/mol. The van der Waals surface area contributed by atoms with Crippen molar-refractivity contribution in [3.05, 3.63) is 94.4 Å². The zero-order valence-corrected chi connectivity index (χ0v) is 28.2. The normalized spacial score (nSPS) is 15.6. The van der Waals surface area contributed by atoms with Gasteiger partial charge in [-0.2, -0.15) is 8.78 Å². The Morgan fingerprint density at radius 2 is 1.65 bits per heavy atom. The van der Waals surface area contributed by atoms with Crippen molar-refractivity contribution in [2.75, 3.05) is 20.3 Å². The minimum Gasteiger partial charge on any atom is -0.496 e. The Kier molecular flexibility index (Phi) is 11.2. The number of aliphatic hydroxyl groups is 1. The second kappa shape index (κ2) is 15.4. The summed E-state index contributed by atoms with van der Waals surface area (Å²) < 4.78 is 83.5. The number of halogens is 5. The zero-order valence-electron chi connectivity index (χ0n) is 28.2. The number of hydrogen-bond donors (Lipinski definition) is 5. The van der Waals surface area contributed by atoms with E-state index in [9.17, 15) is 46.2 Å². The number of benzene rings is 3. The summed E-state index contributed by atoms with van der Waals surface area (Å²) in [7, 11) is 1.45. The maximum absolute atomic E-state index is 14.9. The number of fused-ring (bicyclic) bond motifs is 1. The van der Waals surface area contributed by atoms with Crippen molar-refractivity contribution in [2.45, 2.75) is 50.8 Å². The summed E-state index contributed by atoms with van der Waals surface area (Å²) in [6.07, 6.45) is -0.305. The van der Waals surface area contributed by atoms with Gasteiger partial charge >= 0.3 is 0 Å². The average molecular weight is 731 g/mol. The summed E-state index contributed by atoms with van der Waals surface area (Å²) in [5.41, 5.74) is -2.72. The van der Waals surface area contributed by atoms with Crippen LogP contribution in [0.15, 0.2) is 48.5 Å². The van der Waals surface area contributed by atoms with Crippen molar-refractivity contribution in [1.82, 2.24) is 20.9 Å². The van der Waals surface area contributed by atoms with Gasteiger partial charge in [0.05, 0.1) is 24.3 Å². The van der Waals surface area contributed by atoms with E-state index in [2.05, 4.69) is 20.9 Å². The van der Waals surface area contributed by atoms with Crippen molar-refractivity contribution in [1.29, 1.82) is 0 Å². The van der Waals surface area contributed by atoms with Gasteiger partial charge in [-0.1, -0.05) is 18.2 Å². The van der Waals surface area contributed by atoms with Gasteiger partial charge in [-0.15, -0.1) is 0 Å². The molecule has 1 saturated heterocycles. The van der Waals surface area contributed by atoms with Crippen molar-refractivity contribution < 1.29 is 55.7 Å². The lowest BCUT2D eigenvalue weighted by Crippen LogP contribution is -2.53. The summed E-state index contributed by atoms with van der Waals surface area (Å²) in [5.74, 6) is -13.6. The van der Waals surface area contributed by atoms with Crippen LogP contribution in [-0.2, 0) is 26.4 Å². The predicted octanol–water partition coefficient (Wildman–Crippen LogP) is 4.10. The van der Waals surface area contributed by atoms with Crippen LogP contribution in [0, 0.1) is 35.0 Å². The van der Waals surface area contributed by atoms with Crippen molar-refractivity contribution >= 4 is 34.4 Å². The molecule has 3 amide bonds. The Bertz CT molecular complexity index is 2000. The molecule has 3 unspecified atom stereocenters. The molecule has 0 bridgehead atoms. The third-order valence-electron chi connectivity index (χ3n) is 8.62. The van der Waals surface area contributed by atoms with Gasteiger partial charge < -0.3 is 35.5 Å². The lowest BCUT2D eigenvalue weighted by Gasteiger charge is -2.25. The molecule has 3 aromatic carbocycles. The van der Waals surface area contributed by atoms with Crippen LogP contribution in [0.4, 0.5) is 22.0 Å². The molecule has 2 heterocycles. The van der Waals surface area contributed by atoms with E-state index in [-0.39, 0.29) is 31.5 Å². The minimum absolute atomic E-state index is 0.0410. The molecule has 52 heavy (non-hydrogen) atoms. The molecule has 0 radical (unpaired) electrons. The number of hydrogen-bond acceptors (Lipinski definition) is 7. The maximum Gasteiger partial charge on any atom is 0.268 e. The van der Waals surface area contributed by atoms with Crippen LogP contribution < -0.4 is 25.4 Å². The van der Waals surface area contributed by atoms with E-state index < -0.39 is 94.1 Å². The largest absolute Gasteiger partial charge is 0.496 e. The molecule has 1 aliphatic rings. The lowest BCUT2D eigenvalue weighted by molar-refractivity contribution is -0.131. The molecule has 1 aliphatic heterocycles. The van der Waals surface area contributed by atoms with E-state index >= 15 is 0 Å². The van der Waals surface area contributed by atoms with E-state index in [0.717, 1.165) is 19.9 Å².